The van der Waals surface area contributed by atoms with Gasteiger partial charge in [-0.1, -0.05) is 24.3 Å². The lowest BCUT2D eigenvalue weighted by molar-refractivity contribution is -0.121. The summed E-state index contributed by atoms with van der Waals surface area (Å²) in [4.78, 5) is 12.1. The SMILES string of the molecule is CC(C(=O)C1Cc2ccccc2C1)S(C)(=O)=O. The Morgan fingerprint density at radius 1 is 1.24 bits per heavy atom. The number of Topliss-reactive ketones (excluding diaryl/α,β-unsaturated/α-hetero) is 1. The number of carbonyl (C=O) groups is 1. The lowest BCUT2D eigenvalue weighted by Gasteiger charge is -2.13. The molecular formula is C13H16O3S. The van der Waals surface area contributed by atoms with E-state index in [4.69, 9.17) is 0 Å². The number of benzene rings is 1. The van der Waals surface area contributed by atoms with Gasteiger partial charge in [0.05, 0.1) is 0 Å². The quantitative estimate of drug-likeness (QED) is 0.817. The molecule has 1 aliphatic rings. The Morgan fingerprint density at radius 3 is 2.12 bits per heavy atom. The molecule has 2 rings (SSSR count). The van der Waals surface area contributed by atoms with Crippen LogP contribution in [0.1, 0.15) is 18.1 Å². The van der Waals surface area contributed by atoms with Gasteiger partial charge in [-0.2, -0.15) is 0 Å². The molecule has 0 aliphatic heterocycles. The zero-order chi connectivity index (χ0) is 12.6. The fraction of sp³-hybridized carbons (Fsp3) is 0.462. The van der Waals surface area contributed by atoms with Crippen LogP contribution in [0.4, 0.5) is 0 Å². The molecule has 0 saturated carbocycles. The van der Waals surface area contributed by atoms with Crippen LogP contribution in [-0.4, -0.2) is 25.7 Å². The average molecular weight is 252 g/mol. The van der Waals surface area contributed by atoms with Gasteiger partial charge in [-0.05, 0) is 30.9 Å². The second-order valence-corrected chi connectivity index (χ2v) is 7.11. The van der Waals surface area contributed by atoms with Crippen molar-refractivity contribution >= 4 is 15.6 Å². The number of carbonyl (C=O) groups excluding carboxylic acids is 1. The van der Waals surface area contributed by atoms with Crippen LogP contribution in [0, 0.1) is 5.92 Å². The van der Waals surface area contributed by atoms with Gasteiger partial charge in [0.25, 0.3) is 0 Å². The molecule has 17 heavy (non-hydrogen) atoms. The Morgan fingerprint density at radius 2 is 1.71 bits per heavy atom. The standard InChI is InChI=1S/C13H16O3S/c1-9(17(2,15)16)13(14)12-7-10-5-3-4-6-11(10)8-12/h3-6,9,12H,7-8H2,1-2H3. The first-order valence-electron chi connectivity index (χ1n) is 5.69. The summed E-state index contributed by atoms with van der Waals surface area (Å²) in [6, 6.07) is 7.92. The van der Waals surface area contributed by atoms with E-state index in [-0.39, 0.29) is 11.7 Å². The van der Waals surface area contributed by atoms with Crippen LogP contribution in [0.5, 0.6) is 0 Å². The summed E-state index contributed by atoms with van der Waals surface area (Å²) < 4.78 is 22.8. The summed E-state index contributed by atoms with van der Waals surface area (Å²) in [7, 11) is -3.28. The molecule has 0 heterocycles. The molecular weight excluding hydrogens is 236 g/mol. The number of sulfone groups is 1. The van der Waals surface area contributed by atoms with E-state index in [1.807, 2.05) is 24.3 Å². The zero-order valence-electron chi connectivity index (χ0n) is 10.0. The maximum absolute atomic E-state index is 12.1. The van der Waals surface area contributed by atoms with Gasteiger partial charge >= 0.3 is 0 Å². The molecule has 1 unspecified atom stereocenters. The average Bonchev–Trinajstić information content (AvgIpc) is 2.69. The lowest BCUT2D eigenvalue weighted by atomic mass is 9.99. The molecule has 1 aromatic rings. The minimum atomic E-state index is -3.28. The highest BCUT2D eigenvalue weighted by Crippen LogP contribution is 2.28. The molecule has 0 N–H and O–H groups in total. The van der Waals surface area contributed by atoms with Gasteiger partial charge < -0.3 is 0 Å². The van der Waals surface area contributed by atoms with E-state index in [1.165, 1.54) is 18.1 Å². The first-order chi connectivity index (χ1) is 7.89. The Labute approximate surface area is 102 Å². The number of hydrogen-bond donors (Lipinski definition) is 0. The van der Waals surface area contributed by atoms with Crippen LogP contribution in [0.25, 0.3) is 0 Å². The molecule has 0 aromatic heterocycles. The highest BCUT2D eigenvalue weighted by Gasteiger charge is 2.33. The second-order valence-electron chi connectivity index (χ2n) is 4.75. The van der Waals surface area contributed by atoms with Crippen LogP contribution < -0.4 is 0 Å². The molecule has 0 fully saturated rings. The lowest BCUT2D eigenvalue weighted by Crippen LogP contribution is -2.32. The first kappa shape index (κ1) is 12.3. The third kappa shape index (κ3) is 2.41. The van der Waals surface area contributed by atoms with E-state index >= 15 is 0 Å². The van der Waals surface area contributed by atoms with Gasteiger partial charge in [-0.15, -0.1) is 0 Å². The molecule has 0 bridgehead atoms. The number of fused-ring (bicyclic) bond motifs is 1. The molecule has 0 spiro atoms. The van der Waals surface area contributed by atoms with Crippen molar-refractivity contribution in [2.45, 2.75) is 25.0 Å². The minimum Gasteiger partial charge on any atom is -0.298 e. The summed E-state index contributed by atoms with van der Waals surface area (Å²) in [6.45, 7) is 1.49. The second kappa shape index (κ2) is 4.26. The van der Waals surface area contributed by atoms with Crippen LogP contribution in [-0.2, 0) is 27.5 Å². The predicted molar refractivity (Wildman–Crippen MR) is 66.7 cm³/mol. The third-order valence-corrected chi connectivity index (χ3v) is 5.01. The van der Waals surface area contributed by atoms with E-state index < -0.39 is 15.1 Å². The van der Waals surface area contributed by atoms with E-state index in [9.17, 15) is 13.2 Å². The summed E-state index contributed by atoms with van der Waals surface area (Å²) >= 11 is 0. The van der Waals surface area contributed by atoms with Crippen molar-refractivity contribution in [1.82, 2.24) is 0 Å². The molecule has 1 aliphatic carbocycles. The summed E-state index contributed by atoms with van der Waals surface area (Å²) in [5.41, 5.74) is 2.35. The fourth-order valence-corrected chi connectivity index (χ4v) is 2.92. The van der Waals surface area contributed by atoms with E-state index in [0.29, 0.717) is 12.8 Å². The van der Waals surface area contributed by atoms with E-state index in [2.05, 4.69) is 0 Å². The first-order valence-corrected chi connectivity index (χ1v) is 7.64. The highest BCUT2D eigenvalue weighted by atomic mass is 32.2. The van der Waals surface area contributed by atoms with Crippen molar-refractivity contribution in [3.05, 3.63) is 35.4 Å². The number of ketones is 1. The fourth-order valence-electron chi connectivity index (χ4n) is 2.30. The minimum absolute atomic E-state index is 0.149. The van der Waals surface area contributed by atoms with Gasteiger partial charge in [-0.25, -0.2) is 8.42 Å². The van der Waals surface area contributed by atoms with Crippen molar-refractivity contribution in [2.75, 3.05) is 6.26 Å². The third-order valence-electron chi connectivity index (χ3n) is 3.50. The molecule has 3 nitrogen and oxygen atoms in total. The maximum Gasteiger partial charge on any atom is 0.157 e. The molecule has 92 valence electrons. The summed E-state index contributed by atoms with van der Waals surface area (Å²) in [5.74, 6) is -0.319. The topological polar surface area (TPSA) is 51.2 Å². The van der Waals surface area contributed by atoms with Crippen molar-refractivity contribution in [1.29, 1.82) is 0 Å². The highest BCUT2D eigenvalue weighted by molar-refractivity contribution is 7.92. The van der Waals surface area contributed by atoms with Crippen molar-refractivity contribution in [3.63, 3.8) is 0 Å². The van der Waals surface area contributed by atoms with Gasteiger partial charge in [0.2, 0.25) is 0 Å². The normalized spacial score (nSPS) is 17.8. The number of hydrogen-bond acceptors (Lipinski definition) is 3. The monoisotopic (exact) mass is 252 g/mol. The Balaban J connectivity index is 2.17. The zero-order valence-corrected chi connectivity index (χ0v) is 10.8. The molecule has 1 aromatic carbocycles. The van der Waals surface area contributed by atoms with Crippen molar-refractivity contribution < 1.29 is 13.2 Å². The maximum atomic E-state index is 12.1. The summed E-state index contributed by atoms with van der Waals surface area (Å²) in [6.07, 6.45) is 2.47. The molecule has 0 amide bonds. The van der Waals surface area contributed by atoms with Crippen LogP contribution in [0.2, 0.25) is 0 Å². The van der Waals surface area contributed by atoms with Crippen LogP contribution in [0.15, 0.2) is 24.3 Å². The molecule has 1 atom stereocenters. The van der Waals surface area contributed by atoms with E-state index in [1.54, 1.807) is 0 Å². The largest absolute Gasteiger partial charge is 0.298 e. The van der Waals surface area contributed by atoms with Crippen LogP contribution in [0.3, 0.4) is 0 Å². The van der Waals surface area contributed by atoms with E-state index in [0.717, 1.165) is 6.26 Å². The van der Waals surface area contributed by atoms with Gasteiger partial charge in [0, 0.05) is 12.2 Å². The van der Waals surface area contributed by atoms with Crippen molar-refractivity contribution in [2.24, 2.45) is 5.92 Å². The number of rotatable bonds is 3. The molecule has 0 saturated heterocycles. The smallest absolute Gasteiger partial charge is 0.157 e. The Bertz CT molecular complexity index is 521. The molecule has 0 radical (unpaired) electrons. The summed E-state index contributed by atoms with van der Waals surface area (Å²) in [5, 5.41) is -0.887. The van der Waals surface area contributed by atoms with Gasteiger partial charge in [-0.3, -0.25) is 4.79 Å². The van der Waals surface area contributed by atoms with Gasteiger partial charge in [0.1, 0.15) is 5.25 Å². The Kier molecular flexibility index (Phi) is 3.08. The Hall–Kier alpha value is -1.16. The van der Waals surface area contributed by atoms with Crippen LogP contribution >= 0.6 is 0 Å². The van der Waals surface area contributed by atoms with Gasteiger partial charge in [0.15, 0.2) is 15.6 Å². The predicted octanol–water partition coefficient (Wildman–Crippen LogP) is 1.40. The molecule has 4 heteroatoms. The van der Waals surface area contributed by atoms with Crippen molar-refractivity contribution in [3.8, 4) is 0 Å².